The third-order valence-corrected chi connectivity index (χ3v) is 13.2. The van der Waals surface area contributed by atoms with E-state index < -0.39 is 0 Å². The van der Waals surface area contributed by atoms with Crippen molar-refractivity contribution in [1.29, 1.82) is 0 Å². The summed E-state index contributed by atoms with van der Waals surface area (Å²) < 4.78 is 4.90. The minimum Gasteiger partial charge on any atom is -0.310 e. The fraction of sp³-hybridized carbons (Fsp3) is 0.0357. The van der Waals surface area contributed by atoms with Gasteiger partial charge in [-0.25, -0.2) is 0 Å². The Morgan fingerprint density at radius 2 is 1.19 bits per heavy atom. The number of hydrogen-bond donors (Lipinski definition) is 0. The van der Waals surface area contributed by atoms with Gasteiger partial charge in [-0.1, -0.05) is 141 Å². The molecule has 1 aliphatic rings. The van der Waals surface area contributed by atoms with Crippen LogP contribution in [0.5, 0.6) is 0 Å². The third kappa shape index (κ3) is 5.39. The molecule has 2 aromatic heterocycles. The van der Waals surface area contributed by atoms with Crippen molar-refractivity contribution in [3.8, 4) is 44.5 Å². The molecule has 2 heterocycles. The SMILES string of the molecule is C=C/C=C(\C=C)n1c2ccccc2c2c(-c3ccc(N(c4ccc5sc6ccccc6c5c4)c4ccc5c(CC)c4-c4ccccc4-c4ccccc4-5)cc3)cccc21. The number of thiophene rings is 1. The van der Waals surface area contributed by atoms with Gasteiger partial charge < -0.3 is 9.47 Å². The van der Waals surface area contributed by atoms with Crippen molar-refractivity contribution in [3.05, 3.63) is 207 Å². The Kier molecular flexibility index (Phi) is 8.32. The summed E-state index contributed by atoms with van der Waals surface area (Å²) in [5, 5.41) is 5.00. The van der Waals surface area contributed by atoms with Crippen molar-refractivity contribution in [2.45, 2.75) is 13.3 Å². The molecule has 0 amide bonds. The molecule has 0 unspecified atom stereocenters. The average molecular weight is 773 g/mol. The summed E-state index contributed by atoms with van der Waals surface area (Å²) in [6.07, 6.45) is 6.67. The molecule has 0 spiro atoms. The second kappa shape index (κ2) is 14.0. The van der Waals surface area contributed by atoms with Gasteiger partial charge in [0.2, 0.25) is 0 Å². The maximum absolute atomic E-state index is 4.15. The molecule has 2 nitrogen and oxygen atoms in total. The van der Waals surface area contributed by atoms with Gasteiger partial charge in [-0.2, -0.15) is 0 Å². The van der Waals surface area contributed by atoms with Gasteiger partial charge in [0.15, 0.2) is 0 Å². The third-order valence-electron chi connectivity index (χ3n) is 12.1. The van der Waals surface area contributed by atoms with Crippen LogP contribution < -0.4 is 4.90 Å². The highest BCUT2D eigenvalue weighted by Crippen LogP contribution is 2.52. The van der Waals surface area contributed by atoms with Crippen molar-refractivity contribution in [1.82, 2.24) is 4.57 Å². The molecular formula is C56H40N2S. The Hall–Kier alpha value is -7.20. The van der Waals surface area contributed by atoms with Crippen molar-refractivity contribution >= 4 is 76.1 Å². The van der Waals surface area contributed by atoms with Crippen molar-refractivity contribution in [3.63, 3.8) is 0 Å². The minimum atomic E-state index is 0.912. The molecule has 11 rings (SSSR count). The number of benzene rings is 8. The van der Waals surface area contributed by atoms with Crippen LogP contribution in [-0.4, -0.2) is 4.57 Å². The number of rotatable bonds is 8. The molecule has 0 radical (unpaired) electrons. The van der Waals surface area contributed by atoms with Crippen LogP contribution in [0.3, 0.4) is 0 Å². The predicted octanol–water partition coefficient (Wildman–Crippen LogP) is 16.4. The zero-order valence-electron chi connectivity index (χ0n) is 32.8. The predicted molar refractivity (Wildman–Crippen MR) is 256 cm³/mol. The van der Waals surface area contributed by atoms with Gasteiger partial charge in [-0.3, -0.25) is 0 Å². The van der Waals surface area contributed by atoms with E-state index in [2.05, 4.69) is 199 Å². The molecule has 8 aromatic carbocycles. The molecule has 2 bridgehead atoms. The van der Waals surface area contributed by atoms with E-state index in [0.29, 0.717) is 0 Å². The van der Waals surface area contributed by atoms with Gasteiger partial charge in [0.05, 0.1) is 16.7 Å². The molecule has 0 atom stereocenters. The first kappa shape index (κ1) is 35.0. The first-order chi connectivity index (χ1) is 29.2. The van der Waals surface area contributed by atoms with Crippen molar-refractivity contribution in [2.24, 2.45) is 0 Å². The number of allylic oxidation sites excluding steroid dienone is 4. The lowest BCUT2D eigenvalue weighted by molar-refractivity contribution is 1.14. The average Bonchev–Trinajstić information content (AvgIpc) is 3.82. The molecular weight excluding hydrogens is 733 g/mol. The van der Waals surface area contributed by atoms with Crippen molar-refractivity contribution < 1.29 is 0 Å². The first-order valence-electron chi connectivity index (χ1n) is 20.3. The molecule has 59 heavy (non-hydrogen) atoms. The highest BCUT2D eigenvalue weighted by Gasteiger charge is 2.28. The van der Waals surface area contributed by atoms with Gasteiger partial charge in [-0.15, -0.1) is 11.3 Å². The zero-order chi connectivity index (χ0) is 39.6. The molecule has 0 N–H and O–H groups in total. The van der Waals surface area contributed by atoms with E-state index >= 15 is 0 Å². The monoisotopic (exact) mass is 772 g/mol. The summed E-state index contributed by atoms with van der Waals surface area (Å²) in [4.78, 5) is 2.49. The van der Waals surface area contributed by atoms with E-state index in [4.69, 9.17) is 0 Å². The van der Waals surface area contributed by atoms with Crippen LogP contribution in [0.1, 0.15) is 12.5 Å². The highest BCUT2D eigenvalue weighted by molar-refractivity contribution is 7.25. The summed E-state index contributed by atoms with van der Waals surface area (Å²) in [5.74, 6) is 0. The second-order valence-electron chi connectivity index (χ2n) is 15.2. The number of para-hydroxylation sites is 1. The van der Waals surface area contributed by atoms with Crippen LogP contribution in [-0.2, 0) is 6.42 Å². The molecule has 1 aliphatic carbocycles. The molecule has 0 saturated heterocycles. The molecule has 0 saturated carbocycles. The number of aromatic nitrogens is 1. The van der Waals surface area contributed by atoms with Gasteiger partial charge in [-0.05, 0) is 118 Å². The molecule has 280 valence electrons. The van der Waals surface area contributed by atoms with Crippen LogP contribution in [0.25, 0.3) is 92.2 Å². The molecule has 3 heteroatoms. The van der Waals surface area contributed by atoms with Gasteiger partial charge in [0.25, 0.3) is 0 Å². The van der Waals surface area contributed by atoms with E-state index in [1.54, 1.807) is 0 Å². The highest BCUT2D eigenvalue weighted by atomic mass is 32.1. The van der Waals surface area contributed by atoms with E-state index in [0.717, 1.165) is 40.1 Å². The molecule has 10 aromatic rings. The Labute approximate surface area is 348 Å². The molecule has 0 fully saturated rings. The van der Waals surface area contributed by atoms with Gasteiger partial charge >= 0.3 is 0 Å². The Bertz CT molecular complexity index is 3350. The zero-order valence-corrected chi connectivity index (χ0v) is 33.6. The lowest BCUT2D eigenvalue weighted by Gasteiger charge is -2.30. The maximum atomic E-state index is 4.15. The van der Waals surface area contributed by atoms with Gasteiger partial charge in [0.1, 0.15) is 0 Å². The minimum absolute atomic E-state index is 0.912. The number of nitrogens with zero attached hydrogens (tertiary/aromatic N) is 2. The Balaban J connectivity index is 1.15. The smallest absolute Gasteiger partial charge is 0.0547 e. The standard InChI is InChI=1S/C56H40N2S/c1-4-16-37(5-2)58-50-24-13-11-22-48(50)56-41(23-15-25-51(56)58)36-27-29-38(30-28-36)57(39-31-34-54-49(35-39)46-20-12-14-26-53(46)59-54)52-33-32-45-40(6-3)55(52)47-21-10-9-19-44(47)42-17-7-8-18-43(42)45/h4-5,7-35H,1-2,6H2,3H3/b37-16+. The van der Waals surface area contributed by atoms with Crippen LogP contribution >= 0.6 is 11.3 Å². The van der Waals surface area contributed by atoms with E-state index in [1.165, 1.54) is 81.1 Å². The summed E-state index contributed by atoms with van der Waals surface area (Å²) in [6, 6.07) is 62.8. The van der Waals surface area contributed by atoms with Crippen LogP contribution in [0.15, 0.2) is 201 Å². The van der Waals surface area contributed by atoms with Gasteiger partial charge in [0, 0.05) is 53.6 Å². The number of hydrogen-bond acceptors (Lipinski definition) is 2. The Morgan fingerprint density at radius 1 is 0.559 bits per heavy atom. The summed E-state index contributed by atoms with van der Waals surface area (Å²) in [6.45, 7) is 10.4. The number of anilines is 3. The Morgan fingerprint density at radius 3 is 1.95 bits per heavy atom. The molecule has 0 aliphatic heterocycles. The number of fused-ring (bicyclic) bond motifs is 13. The lowest BCUT2D eigenvalue weighted by atomic mass is 9.90. The largest absolute Gasteiger partial charge is 0.310 e. The fourth-order valence-electron chi connectivity index (χ4n) is 9.59. The van der Waals surface area contributed by atoms with Crippen molar-refractivity contribution in [2.75, 3.05) is 4.90 Å². The lowest BCUT2D eigenvalue weighted by Crippen LogP contribution is -2.12. The van der Waals surface area contributed by atoms with Crippen LogP contribution in [0, 0.1) is 0 Å². The van der Waals surface area contributed by atoms with Crippen LogP contribution in [0.4, 0.5) is 17.1 Å². The maximum Gasteiger partial charge on any atom is 0.0547 e. The van der Waals surface area contributed by atoms with E-state index in [1.807, 2.05) is 29.6 Å². The van der Waals surface area contributed by atoms with E-state index in [-0.39, 0.29) is 0 Å². The second-order valence-corrected chi connectivity index (χ2v) is 16.3. The van der Waals surface area contributed by atoms with Crippen LogP contribution in [0.2, 0.25) is 0 Å². The summed E-state index contributed by atoms with van der Waals surface area (Å²) in [5.41, 5.74) is 18.1. The topological polar surface area (TPSA) is 8.17 Å². The normalized spacial score (nSPS) is 12.1. The summed E-state index contributed by atoms with van der Waals surface area (Å²) >= 11 is 1.86. The fourth-order valence-corrected chi connectivity index (χ4v) is 10.7. The first-order valence-corrected chi connectivity index (χ1v) is 21.1. The summed E-state index contributed by atoms with van der Waals surface area (Å²) in [7, 11) is 0. The quantitative estimate of drug-likeness (QED) is 0.140. The van der Waals surface area contributed by atoms with E-state index in [9.17, 15) is 0 Å².